The van der Waals surface area contributed by atoms with Gasteiger partial charge in [-0.2, -0.15) is 0 Å². The van der Waals surface area contributed by atoms with Gasteiger partial charge in [-0.25, -0.2) is 0 Å². The minimum absolute atomic E-state index is 0.00500. The van der Waals surface area contributed by atoms with Gasteiger partial charge in [0.25, 0.3) is 6.71 Å². The Bertz CT molecular complexity index is 4370. The smallest absolute Gasteiger partial charge is 0.253 e. The van der Waals surface area contributed by atoms with E-state index in [9.17, 15) is 0 Å². The van der Waals surface area contributed by atoms with E-state index in [0.29, 0.717) is 0 Å². The average molecular weight is 922 g/mol. The topological polar surface area (TPSA) is 14.8 Å². The van der Waals surface area contributed by atoms with Crippen molar-refractivity contribution in [2.45, 2.75) is 52.4 Å². The molecule has 10 aromatic carbocycles. The lowest BCUT2D eigenvalue weighted by molar-refractivity contribution is 0.590. The molecule has 3 nitrogen and oxygen atoms in total. The molecule has 72 heavy (non-hydrogen) atoms. The maximum absolute atomic E-state index is 2.66. The van der Waals surface area contributed by atoms with Gasteiger partial charge in [-0.15, -0.1) is 0 Å². The number of nitrogens with zero attached hydrogens (tertiary/aromatic N) is 3. The van der Waals surface area contributed by atoms with Crippen LogP contribution in [-0.4, -0.2) is 20.4 Å². The molecule has 0 atom stereocenters. The van der Waals surface area contributed by atoms with E-state index in [1.165, 1.54) is 143 Å². The Kier molecular flexibility index (Phi) is 8.42. The lowest BCUT2D eigenvalue weighted by Crippen LogP contribution is -2.59. The highest BCUT2D eigenvalue weighted by Gasteiger charge is 2.44. The first kappa shape index (κ1) is 41.4. The third kappa shape index (κ3) is 5.64. The molecule has 5 heterocycles. The molecule has 0 fully saturated rings. The van der Waals surface area contributed by atoms with E-state index in [1.807, 2.05) is 0 Å². The molecule has 2 aliphatic heterocycles. The van der Waals surface area contributed by atoms with Crippen molar-refractivity contribution in [2.24, 2.45) is 0 Å². The van der Waals surface area contributed by atoms with Crippen LogP contribution in [0.4, 0.5) is 0 Å². The molecule has 2 aliphatic rings. The molecule has 0 bridgehead atoms. The number of para-hydroxylation sites is 1. The van der Waals surface area contributed by atoms with Crippen LogP contribution >= 0.6 is 0 Å². The predicted molar refractivity (Wildman–Crippen MR) is 308 cm³/mol. The van der Waals surface area contributed by atoms with Crippen LogP contribution in [0.15, 0.2) is 206 Å². The first-order valence-electron chi connectivity index (χ1n) is 25.6. The zero-order valence-electron chi connectivity index (χ0n) is 41.5. The normalized spacial score (nSPS) is 13.1. The van der Waals surface area contributed by atoms with Crippen LogP contribution in [0, 0.1) is 0 Å². The van der Waals surface area contributed by atoms with Crippen LogP contribution < -0.4 is 16.4 Å². The molecule has 342 valence electrons. The van der Waals surface area contributed by atoms with E-state index in [1.54, 1.807) is 0 Å². The van der Waals surface area contributed by atoms with Gasteiger partial charge in [-0.1, -0.05) is 193 Å². The third-order valence-corrected chi connectivity index (χ3v) is 16.3. The number of hydrogen-bond acceptors (Lipinski definition) is 0. The van der Waals surface area contributed by atoms with Gasteiger partial charge in [-0.3, -0.25) is 0 Å². The zero-order chi connectivity index (χ0) is 48.4. The summed E-state index contributed by atoms with van der Waals surface area (Å²) in [4.78, 5) is 0. The van der Waals surface area contributed by atoms with Crippen molar-refractivity contribution in [2.75, 3.05) is 0 Å². The van der Waals surface area contributed by atoms with E-state index in [4.69, 9.17) is 0 Å². The fourth-order valence-corrected chi connectivity index (χ4v) is 13.0. The predicted octanol–water partition coefficient (Wildman–Crippen LogP) is 15.7. The van der Waals surface area contributed by atoms with Crippen molar-refractivity contribution in [3.05, 3.63) is 217 Å². The standard InChI is InChI=1S/C68H52BN3/c1-67(2,3)46-30-33-55-50(39-46)51-40-47(68(4,5)6)31-34-56(51)70(55)57-35-32-53-66-61(57)49-28-18-19-29-54(49)71(66)58-37-45(41-20-10-7-11-21-41)38-59-63(58)69(53)62-48-27-17-16-26-44(48)36-52-60(42-22-12-8-13-23-42)64(72(59)65(52)62)43-24-14-9-15-25-43/h7-40H,1-6H3. The molecule has 0 amide bonds. The summed E-state index contributed by atoms with van der Waals surface area (Å²) in [6.45, 7) is 13.9. The fraction of sp³-hybridized carbons (Fsp3) is 0.118. The molecule has 13 aromatic rings. The Morgan fingerprint density at radius 1 is 0.347 bits per heavy atom. The molecule has 0 N–H and O–H groups in total. The second-order valence-corrected chi connectivity index (χ2v) is 22.5. The molecule has 0 saturated carbocycles. The van der Waals surface area contributed by atoms with Crippen molar-refractivity contribution in [3.63, 3.8) is 0 Å². The van der Waals surface area contributed by atoms with E-state index in [-0.39, 0.29) is 17.5 Å². The largest absolute Gasteiger partial charge is 0.310 e. The van der Waals surface area contributed by atoms with Crippen molar-refractivity contribution < 1.29 is 0 Å². The van der Waals surface area contributed by atoms with Crippen molar-refractivity contribution in [1.29, 1.82) is 0 Å². The monoisotopic (exact) mass is 921 g/mol. The van der Waals surface area contributed by atoms with Gasteiger partial charge in [0.15, 0.2) is 0 Å². The Balaban J connectivity index is 1.14. The van der Waals surface area contributed by atoms with Gasteiger partial charge >= 0.3 is 0 Å². The number of aromatic nitrogens is 3. The molecule has 0 spiro atoms. The van der Waals surface area contributed by atoms with Crippen LogP contribution in [0.3, 0.4) is 0 Å². The van der Waals surface area contributed by atoms with Gasteiger partial charge in [-0.05, 0) is 126 Å². The second kappa shape index (κ2) is 14.6. The average Bonchev–Trinajstić information content (AvgIpc) is 4.05. The molecule has 0 unspecified atom stereocenters. The number of benzene rings is 10. The van der Waals surface area contributed by atoms with Gasteiger partial charge in [0, 0.05) is 43.9 Å². The van der Waals surface area contributed by atoms with E-state index in [0.717, 1.165) is 0 Å². The minimum atomic E-state index is -0.0572. The summed E-state index contributed by atoms with van der Waals surface area (Å²) < 4.78 is 7.89. The molecule has 0 saturated heterocycles. The summed E-state index contributed by atoms with van der Waals surface area (Å²) in [7, 11) is 0. The SMILES string of the molecule is CC(C)(C)c1ccc2c(c1)c1cc(C(C)(C)C)ccc1n2-c1ccc2c3c1c1ccccc1n3-c1cc(-c3ccccc3)cc3c1B2c1c2ccccc2cc2c(-c4ccccc4)c(-c4ccccc4)n-3c12. The lowest BCUT2D eigenvalue weighted by Gasteiger charge is -2.35. The van der Waals surface area contributed by atoms with Crippen LogP contribution in [0.2, 0.25) is 0 Å². The Hall–Kier alpha value is -8.34. The fourth-order valence-electron chi connectivity index (χ4n) is 13.0. The molecule has 0 radical (unpaired) electrons. The third-order valence-electron chi connectivity index (χ3n) is 16.3. The van der Waals surface area contributed by atoms with Crippen molar-refractivity contribution in [3.8, 4) is 50.6 Å². The summed E-state index contributed by atoms with van der Waals surface area (Å²) >= 11 is 0. The quantitative estimate of drug-likeness (QED) is 0.156. The minimum Gasteiger partial charge on any atom is -0.310 e. The Morgan fingerprint density at radius 3 is 1.53 bits per heavy atom. The number of hydrogen-bond donors (Lipinski definition) is 0. The molecular formula is C68H52BN3. The highest BCUT2D eigenvalue weighted by atomic mass is 15.1. The highest BCUT2D eigenvalue weighted by molar-refractivity contribution is 7.01. The van der Waals surface area contributed by atoms with Crippen molar-refractivity contribution >= 4 is 88.4 Å². The summed E-state index contributed by atoms with van der Waals surface area (Å²) in [5.74, 6) is 0. The number of rotatable bonds is 4. The summed E-state index contributed by atoms with van der Waals surface area (Å²) in [5.41, 5.74) is 24.0. The summed E-state index contributed by atoms with van der Waals surface area (Å²) in [6, 6.07) is 78.4. The van der Waals surface area contributed by atoms with E-state index >= 15 is 0 Å². The maximum atomic E-state index is 2.66. The van der Waals surface area contributed by atoms with E-state index < -0.39 is 0 Å². The summed E-state index contributed by atoms with van der Waals surface area (Å²) in [6.07, 6.45) is 0. The molecule has 15 rings (SSSR count). The van der Waals surface area contributed by atoms with Gasteiger partial charge in [0.2, 0.25) is 0 Å². The molecule has 0 aliphatic carbocycles. The van der Waals surface area contributed by atoms with Crippen molar-refractivity contribution in [1.82, 2.24) is 13.7 Å². The number of fused-ring (bicyclic) bond motifs is 12. The van der Waals surface area contributed by atoms with Crippen LogP contribution in [0.5, 0.6) is 0 Å². The first-order chi connectivity index (χ1) is 35.0. The van der Waals surface area contributed by atoms with Crippen LogP contribution in [0.25, 0.3) is 116 Å². The Morgan fingerprint density at radius 2 is 0.889 bits per heavy atom. The zero-order valence-corrected chi connectivity index (χ0v) is 41.5. The van der Waals surface area contributed by atoms with Crippen LogP contribution in [-0.2, 0) is 10.8 Å². The van der Waals surface area contributed by atoms with Gasteiger partial charge < -0.3 is 13.7 Å². The highest BCUT2D eigenvalue weighted by Crippen LogP contribution is 2.48. The first-order valence-corrected chi connectivity index (χ1v) is 25.6. The Labute approximate surface area is 420 Å². The lowest BCUT2D eigenvalue weighted by atomic mass is 9.33. The van der Waals surface area contributed by atoms with E-state index in [2.05, 4.69) is 262 Å². The van der Waals surface area contributed by atoms with Crippen LogP contribution in [0.1, 0.15) is 52.7 Å². The maximum Gasteiger partial charge on any atom is 0.253 e. The molecule has 3 aromatic heterocycles. The molecular weight excluding hydrogens is 870 g/mol. The van der Waals surface area contributed by atoms with Gasteiger partial charge in [0.1, 0.15) is 0 Å². The summed E-state index contributed by atoms with van der Waals surface area (Å²) in [5, 5.41) is 8.97. The molecule has 4 heteroatoms. The second-order valence-electron chi connectivity index (χ2n) is 22.5. The van der Waals surface area contributed by atoms with Gasteiger partial charge in [0.05, 0.1) is 39.0 Å².